The van der Waals surface area contributed by atoms with E-state index < -0.39 is 0 Å². The lowest BCUT2D eigenvalue weighted by molar-refractivity contribution is 0.364. The zero-order valence-electron chi connectivity index (χ0n) is 16.2. The molecule has 0 saturated carbocycles. The van der Waals surface area contributed by atoms with Crippen LogP contribution in [0.4, 0.5) is 5.95 Å². The van der Waals surface area contributed by atoms with Gasteiger partial charge in [-0.25, -0.2) is 19.6 Å². The maximum Gasteiger partial charge on any atom is 0.225 e. The number of hydrogen-bond acceptors (Lipinski definition) is 5. The minimum atomic E-state index is 0.575. The number of benzene rings is 1. The molecular weight excluding hydrogens is 362 g/mol. The summed E-state index contributed by atoms with van der Waals surface area (Å²) in [6, 6.07) is 12.0. The van der Waals surface area contributed by atoms with E-state index in [1.807, 2.05) is 78.4 Å². The molecule has 29 heavy (non-hydrogen) atoms. The SMILES string of the molecule is c1ccc(-n2cc(-c3ccnc(N4CCC[C@H](Cn5ccnc5)C4)n3)cn2)cc1. The largest absolute Gasteiger partial charge is 0.340 e. The molecule has 0 amide bonds. The molecule has 4 heterocycles. The van der Waals surface area contributed by atoms with Crippen LogP contribution >= 0.6 is 0 Å². The molecule has 5 rings (SSSR count). The van der Waals surface area contributed by atoms with Crippen molar-refractivity contribution in [1.82, 2.24) is 29.3 Å². The molecule has 1 aromatic carbocycles. The summed E-state index contributed by atoms with van der Waals surface area (Å²) in [6.07, 6.45) is 13.8. The first-order valence-corrected chi connectivity index (χ1v) is 9.99. The normalized spacial score (nSPS) is 16.8. The average Bonchev–Trinajstić information content (AvgIpc) is 3.47. The van der Waals surface area contributed by atoms with Gasteiger partial charge >= 0.3 is 0 Å². The van der Waals surface area contributed by atoms with Gasteiger partial charge in [-0.3, -0.25) is 0 Å². The highest BCUT2D eigenvalue weighted by Crippen LogP contribution is 2.24. The lowest BCUT2D eigenvalue weighted by Gasteiger charge is -2.33. The number of piperidine rings is 1. The van der Waals surface area contributed by atoms with E-state index in [2.05, 4.69) is 24.5 Å². The lowest BCUT2D eigenvalue weighted by atomic mass is 9.98. The Kier molecular flexibility index (Phi) is 4.78. The second-order valence-corrected chi connectivity index (χ2v) is 7.46. The Morgan fingerprint density at radius 1 is 1.07 bits per heavy atom. The number of hydrogen-bond donors (Lipinski definition) is 0. The van der Waals surface area contributed by atoms with Gasteiger partial charge in [0.05, 0.1) is 23.9 Å². The van der Waals surface area contributed by atoms with Gasteiger partial charge in [0.25, 0.3) is 0 Å². The van der Waals surface area contributed by atoms with Crippen LogP contribution in [0.3, 0.4) is 0 Å². The fraction of sp³-hybridized carbons (Fsp3) is 0.273. The molecule has 0 spiro atoms. The van der Waals surface area contributed by atoms with Gasteiger partial charge in [0.1, 0.15) is 0 Å². The summed E-state index contributed by atoms with van der Waals surface area (Å²) in [5, 5.41) is 4.49. The average molecular weight is 385 g/mol. The third kappa shape index (κ3) is 3.89. The third-order valence-electron chi connectivity index (χ3n) is 5.37. The smallest absolute Gasteiger partial charge is 0.225 e. The molecule has 0 bridgehead atoms. The molecule has 7 nitrogen and oxygen atoms in total. The molecule has 0 aliphatic carbocycles. The zero-order valence-corrected chi connectivity index (χ0v) is 16.2. The molecule has 4 aromatic rings. The molecule has 146 valence electrons. The molecule has 1 fully saturated rings. The van der Waals surface area contributed by atoms with E-state index in [4.69, 9.17) is 4.98 Å². The van der Waals surface area contributed by atoms with Crippen LogP contribution in [0.25, 0.3) is 16.9 Å². The number of nitrogens with zero attached hydrogens (tertiary/aromatic N) is 7. The summed E-state index contributed by atoms with van der Waals surface area (Å²) < 4.78 is 4.03. The molecule has 3 aromatic heterocycles. The summed E-state index contributed by atoms with van der Waals surface area (Å²) in [5.41, 5.74) is 2.92. The van der Waals surface area contributed by atoms with Crippen LogP contribution in [-0.2, 0) is 6.54 Å². The molecule has 0 radical (unpaired) electrons. The van der Waals surface area contributed by atoms with Crippen LogP contribution in [0.5, 0.6) is 0 Å². The van der Waals surface area contributed by atoms with Crippen molar-refractivity contribution in [2.45, 2.75) is 19.4 Å². The van der Waals surface area contributed by atoms with Gasteiger partial charge in [-0.1, -0.05) is 18.2 Å². The maximum atomic E-state index is 4.85. The zero-order chi connectivity index (χ0) is 19.5. The Morgan fingerprint density at radius 2 is 2.00 bits per heavy atom. The van der Waals surface area contributed by atoms with Crippen molar-refractivity contribution in [2.75, 3.05) is 18.0 Å². The number of aromatic nitrogens is 6. The predicted octanol–water partition coefficient (Wildman–Crippen LogP) is 3.44. The molecule has 0 N–H and O–H groups in total. The lowest BCUT2D eigenvalue weighted by Crippen LogP contribution is -2.38. The quantitative estimate of drug-likeness (QED) is 0.527. The van der Waals surface area contributed by atoms with Crippen molar-refractivity contribution < 1.29 is 0 Å². The summed E-state index contributed by atoms with van der Waals surface area (Å²) in [5.74, 6) is 1.37. The Hall–Kier alpha value is -3.48. The first kappa shape index (κ1) is 17.6. The summed E-state index contributed by atoms with van der Waals surface area (Å²) >= 11 is 0. The van der Waals surface area contributed by atoms with Crippen LogP contribution in [0.1, 0.15) is 12.8 Å². The minimum Gasteiger partial charge on any atom is -0.340 e. The van der Waals surface area contributed by atoms with Crippen LogP contribution in [0.15, 0.2) is 73.7 Å². The Bertz CT molecular complexity index is 1060. The summed E-state index contributed by atoms with van der Waals surface area (Å²) in [7, 11) is 0. The van der Waals surface area contributed by atoms with Gasteiger partial charge in [0.2, 0.25) is 5.95 Å². The second kappa shape index (κ2) is 7.87. The van der Waals surface area contributed by atoms with Gasteiger partial charge in [-0.15, -0.1) is 0 Å². The van der Waals surface area contributed by atoms with Crippen LogP contribution in [0.2, 0.25) is 0 Å². The highest BCUT2D eigenvalue weighted by Gasteiger charge is 2.22. The predicted molar refractivity (Wildman–Crippen MR) is 112 cm³/mol. The van der Waals surface area contributed by atoms with Gasteiger partial charge in [-0.05, 0) is 37.0 Å². The Labute approximate surface area is 169 Å². The van der Waals surface area contributed by atoms with Crippen molar-refractivity contribution in [3.8, 4) is 16.9 Å². The Morgan fingerprint density at radius 3 is 2.86 bits per heavy atom. The van der Waals surface area contributed by atoms with Crippen molar-refractivity contribution in [3.63, 3.8) is 0 Å². The van der Waals surface area contributed by atoms with Crippen molar-refractivity contribution in [3.05, 3.63) is 73.7 Å². The standard InChI is InChI=1S/C22H23N7/c1-2-6-20(7-3-1)29-16-19(13-25-29)21-8-9-24-22(26-21)28-11-4-5-18(15-28)14-27-12-10-23-17-27/h1-3,6-10,12-13,16-18H,4-5,11,14-15H2/t18-/m1/s1. The molecule has 7 heteroatoms. The van der Waals surface area contributed by atoms with Crippen molar-refractivity contribution in [2.24, 2.45) is 5.92 Å². The fourth-order valence-electron chi connectivity index (χ4n) is 3.93. The van der Waals surface area contributed by atoms with Crippen LogP contribution in [-0.4, -0.2) is 42.4 Å². The fourth-order valence-corrected chi connectivity index (χ4v) is 3.93. The van der Waals surface area contributed by atoms with E-state index in [-0.39, 0.29) is 0 Å². The minimum absolute atomic E-state index is 0.575. The third-order valence-corrected chi connectivity index (χ3v) is 5.37. The van der Waals surface area contributed by atoms with E-state index in [0.29, 0.717) is 5.92 Å². The molecule has 1 saturated heterocycles. The van der Waals surface area contributed by atoms with Crippen LogP contribution in [0, 0.1) is 5.92 Å². The van der Waals surface area contributed by atoms with E-state index in [0.717, 1.165) is 48.9 Å². The molecular formula is C22H23N7. The number of para-hydroxylation sites is 1. The topological polar surface area (TPSA) is 64.7 Å². The second-order valence-electron chi connectivity index (χ2n) is 7.46. The van der Waals surface area contributed by atoms with E-state index in [1.54, 1.807) is 0 Å². The molecule has 1 atom stereocenters. The van der Waals surface area contributed by atoms with E-state index in [1.165, 1.54) is 6.42 Å². The van der Waals surface area contributed by atoms with E-state index >= 15 is 0 Å². The maximum absolute atomic E-state index is 4.85. The number of anilines is 1. The van der Waals surface area contributed by atoms with Gasteiger partial charge in [0, 0.05) is 50.0 Å². The number of imidazole rings is 1. The molecule has 0 unspecified atom stereocenters. The van der Waals surface area contributed by atoms with Crippen molar-refractivity contribution >= 4 is 5.95 Å². The van der Waals surface area contributed by atoms with Gasteiger partial charge < -0.3 is 9.47 Å². The van der Waals surface area contributed by atoms with Crippen molar-refractivity contribution in [1.29, 1.82) is 0 Å². The van der Waals surface area contributed by atoms with Crippen LogP contribution < -0.4 is 4.90 Å². The molecule has 1 aliphatic rings. The monoisotopic (exact) mass is 385 g/mol. The first-order valence-electron chi connectivity index (χ1n) is 9.99. The highest BCUT2D eigenvalue weighted by molar-refractivity contribution is 5.59. The highest BCUT2D eigenvalue weighted by atomic mass is 15.3. The van der Waals surface area contributed by atoms with Gasteiger partial charge in [-0.2, -0.15) is 5.10 Å². The number of rotatable bonds is 5. The first-order chi connectivity index (χ1) is 14.3. The van der Waals surface area contributed by atoms with Gasteiger partial charge in [0.15, 0.2) is 0 Å². The Balaban J connectivity index is 1.34. The summed E-state index contributed by atoms with van der Waals surface area (Å²) in [6.45, 7) is 2.94. The summed E-state index contributed by atoms with van der Waals surface area (Å²) in [4.78, 5) is 15.9. The molecule has 1 aliphatic heterocycles. The van der Waals surface area contributed by atoms with E-state index in [9.17, 15) is 0 Å².